The number of carbonyl (C=O) groups excluding carboxylic acids is 2. The lowest BCUT2D eigenvalue weighted by molar-refractivity contribution is -0.387. The lowest BCUT2D eigenvalue weighted by atomic mass is 10.1. The number of carbonyl (C=O) groups is 2. The Labute approximate surface area is 118 Å². The van der Waals surface area contributed by atoms with E-state index in [9.17, 15) is 28.5 Å². The van der Waals surface area contributed by atoms with Crippen molar-refractivity contribution in [2.45, 2.75) is 19.9 Å². The molecular weight excluding hydrogens is 288 g/mol. The van der Waals surface area contributed by atoms with Crippen LogP contribution in [0.4, 0.5) is 14.5 Å². The zero-order chi connectivity index (χ0) is 16.2. The van der Waals surface area contributed by atoms with Gasteiger partial charge in [-0.05, 0) is 19.9 Å². The number of halogens is 2. The zero-order valence-electron chi connectivity index (χ0n) is 11.3. The second kappa shape index (κ2) is 6.73. The van der Waals surface area contributed by atoms with Crippen LogP contribution < -0.4 is 10.6 Å². The molecule has 0 saturated carbocycles. The number of nitro benzene ring substituents is 1. The Morgan fingerprint density at radius 2 is 1.95 bits per heavy atom. The number of hydrogen-bond acceptors (Lipinski definition) is 4. The van der Waals surface area contributed by atoms with Gasteiger partial charge < -0.3 is 10.6 Å². The van der Waals surface area contributed by atoms with Gasteiger partial charge in [-0.2, -0.15) is 4.39 Å². The standard InChI is InChI=1S/C12H13F2N3O4/c1-6(2)16-9(18)5-15-12(19)10-7(13)3-4-8(11(10)14)17(20)21/h3-4,6H,5H2,1-2H3,(H,15,19)(H,16,18). The Kier molecular flexibility index (Phi) is 5.28. The quantitative estimate of drug-likeness (QED) is 0.628. The SMILES string of the molecule is CC(C)NC(=O)CNC(=O)c1c(F)ccc([N+](=O)[O-])c1F. The highest BCUT2D eigenvalue weighted by atomic mass is 19.1. The van der Waals surface area contributed by atoms with E-state index >= 15 is 0 Å². The molecule has 0 aliphatic carbocycles. The summed E-state index contributed by atoms with van der Waals surface area (Å²) in [7, 11) is 0. The summed E-state index contributed by atoms with van der Waals surface area (Å²) in [4.78, 5) is 32.4. The summed E-state index contributed by atoms with van der Waals surface area (Å²) in [6.07, 6.45) is 0. The smallest absolute Gasteiger partial charge is 0.305 e. The molecule has 0 spiro atoms. The number of hydrogen-bond donors (Lipinski definition) is 2. The molecule has 7 nitrogen and oxygen atoms in total. The van der Waals surface area contributed by atoms with Crippen molar-refractivity contribution in [1.29, 1.82) is 0 Å². The van der Waals surface area contributed by atoms with Gasteiger partial charge in [0, 0.05) is 12.1 Å². The first kappa shape index (κ1) is 16.5. The van der Waals surface area contributed by atoms with Crippen LogP contribution in [0.2, 0.25) is 0 Å². The van der Waals surface area contributed by atoms with Gasteiger partial charge in [-0.1, -0.05) is 0 Å². The van der Waals surface area contributed by atoms with E-state index in [4.69, 9.17) is 0 Å². The maximum atomic E-state index is 13.7. The first-order valence-electron chi connectivity index (χ1n) is 5.94. The third kappa shape index (κ3) is 4.20. The molecule has 1 aromatic carbocycles. The first-order valence-corrected chi connectivity index (χ1v) is 5.94. The maximum absolute atomic E-state index is 13.7. The van der Waals surface area contributed by atoms with E-state index in [0.717, 1.165) is 0 Å². The van der Waals surface area contributed by atoms with Crippen molar-refractivity contribution in [2.75, 3.05) is 6.54 Å². The average molecular weight is 301 g/mol. The molecule has 21 heavy (non-hydrogen) atoms. The molecule has 0 aliphatic heterocycles. The Morgan fingerprint density at radius 3 is 2.48 bits per heavy atom. The summed E-state index contributed by atoms with van der Waals surface area (Å²) in [5, 5.41) is 15.0. The number of benzene rings is 1. The van der Waals surface area contributed by atoms with Gasteiger partial charge in [0.05, 0.1) is 11.5 Å². The van der Waals surface area contributed by atoms with Gasteiger partial charge in [0.25, 0.3) is 5.91 Å². The summed E-state index contributed by atoms with van der Waals surface area (Å²) in [6, 6.07) is 1.07. The largest absolute Gasteiger partial charge is 0.352 e. The summed E-state index contributed by atoms with van der Waals surface area (Å²) < 4.78 is 27.2. The third-order valence-corrected chi connectivity index (χ3v) is 2.35. The van der Waals surface area contributed by atoms with Crippen molar-refractivity contribution in [3.8, 4) is 0 Å². The lowest BCUT2D eigenvalue weighted by Crippen LogP contribution is -2.40. The van der Waals surface area contributed by atoms with Crippen molar-refractivity contribution in [3.63, 3.8) is 0 Å². The van der Waals surface area contributed by atoms with Gasteiger partial charge in [-0.3, -0.25) is 19.7 Å². The van der Waals surface area contributed by atoms with Crippen LogP contribution in [0.15, 0.2) is 12.1 Å². The van der Waals surface area contributed by atoms with Crippen molar-refractivity contribution in [1.82, 2.24) is 10.6 Å². The molecule has 1 aromatic rings. The molecule has 114 valence electrons. The second-order valence-electron chi connectivity index (χ2n) is 4.42. The van der Waals surface area contributed by atoms with Crippen LogP contribution >= 0.6 is 0 Å². The number of amides is 2. The predicted molar refractivity (Wildman–Crippen MR) is 68.6 cm³/mol. The van der Waals surface area contributed by atoms with E-state index < -0.39 is 46.2 Å². The molecule has 0 bridgehead atoms. The summed E-state index contributed by atoms with van der Waals surface area (Å²) in [6.45, 7) is 2.89. The highest BCUT2D eigenvalue weighted by Gasteiger charge is 2.26. The van der Waals surface area contributed by atoms with Gasteiger partial charge in [0.1, 0.15) is 11.4 Å². The van der Waals surface area contributed by atoms with Crippen molar-refractivity contribution in [2.24, 2.45) is 0 Å². The molecule has 0 atom stereocenters. The molecule has 0 unspecified atom stereocenters. The maximum Gasteiger partial charge on any atom is 0.305 e. The lowest BCUT2D eigenvalue weighted by Gasteiger charge is -2.10. The van der Waals surface area contributed by atoms with Crippen LogP contribution in [0.25, 0.3) is 0 Å². The van der Waals surface area contributed by atoms with Gasteiger partial charge in [-0.25, -0.2) is 4.39 Å². The van der Waals surface area contributed by atoms with E-state index in [2.05, 4.69) is 5.32 Å². The molecule has 0 saturated heterocycles. The van der Waals surface area contributed by atoms with Crippen LogP contribution in [0.3, 0.4) is 0 Å². The molecule has 0 aromatic heterocycles. The van der Waals surface area contributed by atoms with Gasteiger partial charge in [-0.15, -0.1) is 0 Å². The summed E-state index contributed by atoms with van der Waals surface area (Å²) in [5.41, 5.74) is -2.12. The molecule has 0 heterocycles. The van der Waals surface area contributed by atoms with E-state index in [1.54, 1.807) is 13.8 Å². The average Bonchev–Trinajstić information content (AvgIpc) is 2.35. The number of rotatable bonds is 5. The minimum atomic E-state index is -1.58. The number of nitrogens with zero attached hydrogens (tertiary/aromatic N) is 1. The van der Waals surface area contributed by atoms with E-state index in [-0.39, 0.29) is 6.04 Å². The number of nitrogens with one attached hydrogen (secondary N) is 2. The van der Waals surface area contributed by atoms with Crippen LogP contribution in [-0.2, 0) is 4.79 Å². The Balaban J connectivity index is 2.90. The first-order chi connectivity index (χ1) is 9.73. The molecule has 0 aliphatic rings. The minimum absolute atomic E-state index is 0.166. The van der Waals surface area contributed by atoms with Crippen LogP contribution in [0.5, 0.6) is 0 Å². The monoisotopic (exact) mass is 301 g/mol. The molecule has 0 fully saturated rings. The third-order valence-electron chi connectivity index (χ3n) is 2.35. The van der Waals surface area contributed by atoms with Gasteiger partial charge >= 0.3 is 5.69 Å². The summed E-state index contributed by atoms with van der Waals surface area (Å²) >= 11 is 0. The zero-order valence-corrected chi connectivity index (χ0v) is 11.3. The fraction of sp³-hybridized carbons (Fsp3) is 0.333. The Hall–Kier alpha value is -2.58. The minimum Gasteiger partial charge on any atom is -0.352 e. The van der Waals surface area contributed by atoms with Crippen LogP contribution in [0, 0.1) is 21.7 Å². The molecule has 9 heteroatoms. The molecular formula is C12H13F2N3O4. The highest BCUT2D eigenvalue weighted by Crippen LogP contribution is 2.22. The van der Waals surface area contributed by atoms with E-state index in [1.807, 2.05) is 5.32 Å². The molecule has 0 radical (unpaired) electrons. The summed E-state index contributed by atoms with van der Waals surface area (Å²) in [5.74, 6) is -4.63. The van der Waals surface area contributed by atoms with E-state index in [0.29, 0.717) is 12.1 Å². The van der Waals surface area contributed by atoms with E-state index in [1.165, 1.54) is 0 Å². The Bertz CT molecular complexity index is 590. The van der Waals surface area contributed by atoms with Crippen molar-refractivity contribution in [3.05, 3.63) is 39.4 Å². The van der Waals surface area contributed by atoms with Gasteiger partial charge in [0.2, 0.25) is 11.7 Å². The fourth-order valence-corrected chi connectivity index (χ4v) is 1.51. The highest BCUT2D eigenvalue weighted by molar-refractivity contribution is 5.97. The fourth-order valence-electron chi connectivity index (χ4n) is 1.51. The normalized spacial score (nSPS) is 10.3. The molecule has 2 N–H and O–H groups in total. The molecule has 2 amide bonds. The van der Waals surface area contributed by atoms with Crippen molar-refractivity contribution >= 4 is 17.5 Å². The van der Waals surface area contributed by atoms with Crippen LogP contribution in [0.1, 0.15) is 24.2 Å². The second-order valence-corrected chi connectivity index (χ2v) is 4.42. The molecule has 1 rings (SSSR count). The van der Waals surface area contributed by atoms with Gasteiger partial charge in [0.15, 0.2) is 0 Å². The predicted octanol–water partition coefficient (Wildman–Crippen LogP) is 1.13. The van der Waals surface area contributed by atoms with Crippen LogP contribution in [-0.4, -0.2) is 29.3 Å². The number of nitro groups is 1. The topological polar surface area (TPSA) is 101 Å². The van der Waals surface area contributed by atoms with Crippen molar-refractivity contribution < 1.29 is 23.3 Å². The Morgan fingerprint density at radius 1 is 1.33 bits per heavy atom.